The van der Waals surface area contributed by atoms with E-state index in [1.54, 1.807) is 22.9 Å². The first-order valence-corrected chi connectivity index (χ1v) is 9.84. The number of anilines is 1. The fourth-order valence-electron chi connectivity index (χ4n) is 2.82. The third-order valence-electron chi connectivity index (χ3n) is 4.16. The predicted molar refractivity (Wildman–Crippen MR) is 111 cm³/mol. The molecule has 0 unspecified atom stereocenters. The molecule has 3 aromatic rings. The Bertz CT molecular complexity index is 1040. The molecule has 0 aliphatic rings. The monoisotopic (exact) mass is 411 g/mol. The van der Waals surface area contributed by atoms with Crippen molar-refractivity contribution in [2.24, 2.45) is 0 Å². The van der Waals surface area contributed by atoms with Gasteiger partial charge >= 0.3 is 5.97 Å². The van der Waals surface area contributed by atoms with Gasteiger partial charge < -0.3 is 10.1 Å². The number of rotatable bonds is 6. The Morgan fingerprint density at radius 3 is 2.52 bits per heavy atom. The molecule has 1 N–H and O–H groups in total. The zero-order chi connectivity index (χ0) is 21.0. The molecule has 9 heteroatoms. The molecule has 1 heterocycles. The number of nitrogens with zero attached hydrogens (tertiary/aromatic N) is 4. The summed E-state index contributed by atoms with van der Waals surface area (Å²) in [5.74, 6) is -0.565. The van der Waals surface area contributed by atoms with Crippen molar-refractivity contribution in [3.63, 3.8) is 0 Å². The summed E-state index contributed by atoms with van der Waals surface area (Å²) in [5, 5.41) is 15.1. The molecule has 3 rings (SSSR count). The summed E-state index contributed by atoms with van der Waals surface area (Å²) in [6.45, 7) is 5.86. The van der Waals surface area contributed by atoms with Crippen LogP contribution in [0.25, 0.3) is 5.69 Å². The van der Waals surface area contributed by atoms with Gasteiger partial charge in [-0.2, -0.15) is 4.68 Å². The summed E-state index contributed by atoms with van der Waals surface area (Å²) in [7, 11) is 1.32. The van der Waals surface area contributed by atoms with Gasteiger partial charge in [0.05, 0.1) is 24.1 Å². The lowest BCUT2D eigenvalue weighted by molar-refractivity contribution is -0.113. The van der Waals surface area contributed by atoms with Crippen molar-refractivity contribution < 1.29 is 14.3 Å². The number of amides is 1. The van der Waals surface area contributed by atoms with E-state index in [4.69, 9.17) is 4.74 Å². The number of benzene rings is 2. The van der Waals surface area contributed by atoms with Crippen molar-refractivity contribution in [3.8, 4) is 5.69 Å². The number of nitrogens with one attached hydrogen (secondary N) is 1. The summed E-state index contributed by atoms with van der Waals surface area (Å²) < 4.78 is 6.34. The predicted octanol–water partition coefficient (Wildman–Crippen LogP) is 3.10. The van der Waals surface area contributed by atoms with E-state index < -0.39 is 5.97 Å². The number of carbonyl (C=O) groups excluding carboxylic acids is 2. The van der Waals surface area contributed by atoms with E-state index in [0.29, 0.717) is 16.4 Å². The van der Waals surface area contributed by atoms with Crippen molar-refractivity contribution in [3.05, 3.63) is 58.7 Å². The molecule has 0 aliphatic carbocycles. The molecule has 0 radical (unpaired) electrons. The van der Waals surface area contributed by atoms with Gasteiger partial charge in [-0.3, -0.25) is 4.79 Å². The smallest absolute Gasteiger partial charge is 0.337 e. The van der Waals surface area contributed by atoms with Gasteiger partial charge in [-0.15, -0.1) is 5.10 Å². The molecule has 1 aromatic heterocycles. The van der Waals surface area contributed by atoms with Crippen LogP contribution in [0.1, 0.15) is 27.0 Å². The third-order valence-corrected chi connectivity index (χ3v) is 5.08. The lowest BCUT2D eigenvalue weighted by Gasteiger charge is -2.10. The van der Waals surface area contributed by atoms with E-state index in [-0.39, 0.29) is 11.7 Å². The average Bonchev–Trinajstić information content (AvgIpc) is 3.15. The number of methoxy groups -OCH3 is 1. The van der Waals surface area contributed by atoms with Crippen molar-refractivity contribution in [2.45, 2.75) is 25.9 Å². The Labute approximate surface area is 172 Å². The van der Waals surface area contributed by atoms with Gasteiger partial charge in [-0.1, -0.05) is 23.9 Å². The van der Waals surface area contributed by atoms with Crippen LogP contribution in [0.4, 0.5) is 5.69 Å². The Hall–Kier alpha value is -3.20. The lowest BCUT2D eigenvalue weighted by Crippen LogP contribution is -2.16. The number of ether oxygens (including phenoxy) is 1. The molecule has 0 saturated heterocycles. The molecule has 150 valence electrons. The SMILES string of the molecule is COC(=O)c1ccc(C)c(NC(=O)CSc2nnnn2-c2cc(C)cc(C)c2)c1. The second-order valence-electron chi connectivity index (χ2n) is 6.58. The highest BCUT2D eigenvalue weighted by atomic mass is 32.2. The van der Waals surface area contributed by atoms with Crippen LogP contribution >= 0.6 is 11.8 Å². The molecule has 2 aromatic carbocycles. The van der Waals surface area contributed by atoms with Gasteiger partial charge in [0.2, 0.25) is 11.1 Å². The van der Waals surface area contributed by atoms with Gasteiger partial charge in [0, 0.05) is 5.69 Å². The maximum Gasteiger partial charge on any atom is 0.337 e. The molecular weight excluding hydrogens is 390 g/mol. The molecule has 0 aliphatic heterocycles. The van der Waals surface area contributed by atoms with E-state index in [9.17, 15) is 9.59 Å². The summed E-state index contributed by atoms with van der Waals surface area (Å²) in [6, 6.07) is 11.0. The summed E-state index contributed by atoms with van der Waals surface area (Å²) in [5.41, 5.74) is 4.83. The van der Waals surface area contributed by atoms with Crippen molar-refractivity contribution >= 4 is 29.3 Å². The van der Waals surface area contributed by atoms with Gasteiger partial charge in [0.15, 0.2) is 0 Å². The van der Waals surface area contributed by atoms with Crippen LogP contribution in [-0.4, -0.2) is 44.9 Å². The fourth-order valence-corrected chi connectivity index (χ4v) is 3.51. The molecule has 0 bridgehead atoms. The molecule has 0 spiro atoms. The number of aromatic nitrogens is 4. The van der Waals surface area contributed by atoms with Gasteiger partial charge in [-0.25, -0.2) is 4.79 Å². The fraction of sp³-hybridized carbons (Fsp3) is 0.250. The van der Waals surface area contributed by atoms with E-state index in [2.05, 4.69) is 26.9 Å². The summed E-state index contributed by atoms with van der Waals surface area (Å²) in [6.07, 6.45) is 0. The van der Waals surface area contributed by atoms with Crippen LogP contribution in [0.3, 0.4) is 0 Å². The van der Waals surface area contributed by atoms with Gasteiger partial charge in [0.1, 0.15) is 0 Å². The van der Waals surface area contributed by atoms with Gasteiger partial charge in [0.25, 0.3) is 0 Å². The second kappa shape index (κ2) is 8.87. The molecule has 0 fully saturated rings. The first-order chi connectivity index (χ1) is 13.9. The number of carbonyl (C=O) groups is 2. The third kappa shape index (κ3) is 5.00. The normalized spacial score (nSPS) is 10.6. The zero-order valence-electron chi connectivity index (χ0n) is 16.6. The van der Waals surface area contributed by atoms with Crippen LogP contribution in [-0.2, 0) is 9.53 Å². The largest absolute Gasteiger partial charge is 0.465 e. The quantitative estimate of drug-likeness (QED) is 0.491. The highest BCUT2D eigenvalue weighted by Crippen LogP contribution is 2.22. The van der Waals surface area contributed by atoms with Crippen molar-refractivity contribution in [1.29, 1.82) is 0 Å². The van der Waals surface area contributed by atoms with E-state index in [1.165, 1.54) is 18.9 Å². The van der Waals surface area contributed by atoms with Crippen LogP contribution in [0.15, 0.2) is 41.6 Å². The molecule has 0 atom stereocenters. The first kappa shape index (κ1) is 20.5. The van der Waals surface area contributed by atoms with Crippen LogP contribution in [0.5, 0.6) is 0 Å². The molecular formula is C20H21N5O3S. The Morgan fingerprint density at radius 2 is 1.83 bits per heavy atom. The maximum absolute atomic E-state index is 12.4. The van der Waals surface area contributed by atoms with Gasteiger partial charge in [-0.05, 0) is 72.2 Å². The highest BCUT2D eigenvalue weighted by molar-refractivity contribution is 7.99. The van der Waals surface area contributed by atoms with E-state index >= 15 is 0 Å². The number of hydrogen-bond donors (Lipinski definition) is 1. The topological polar surface area (TPSA) is 99.0 Å². The van der Waals surface area contributed by atoms with Crippen molar-refractivity contribution in [2.75, 3.05) is 18.2 Å². The Balaban J connectivity index is 1.70. The number of thioether (sulfide) groups is 1. The van der Waals surface area contributed by atoms with Crippen LogP contribution in [0.2, 0.25) is 0 Å². The zero-order valence-corrected chi connectivity index (χ0v) is 17.4. The minimum Gasteiger partial charge on any atom is -0.465 e. The maximum atomic E-state index is 12.4. The van der Waals surface area contributed by atoms with E-state index in [1.807, 2.05) is 32.9 Å². The van der Waals surface area contributed by atoms with Crippen LogP contribution < -0.4 is 5.32 Å². The lowest BCUT2D eigenvalue weighted by atomic mass is 10.1. The number of tetrazole rings is 1. The number of hydrogen-bond acceptors (Lipinski definition) is 7. The Kier molecular flexibility index (Phi) is 6.28. The van der Waals surface area contributed by atoms with Crippen LogP contribution in [0, 0.1) is 20.8 Å². The Morgan fingerprint density at radius 1 is 1.10 bits per heavy atom. The molecule has 29 heavy (non-hydrogen) atoms. The minimum atomic E-state index is -0.456. The minimum absolute atomic E-state index is 0.118. The summed E-state index contributed by atoms with van der Waals surface area (Å²) >= 11 is 1.23. The number of aryl methyl sites for hydroxylation is 3. The standard InChI is InChI=1S/C20H21N5O3S/c1-12-7-13(2)9-16(8-12)25-20(22-23-24-25)29-11-18(26)21-17-10-15(19(27)28-4)6-5-14(17)3/h5-10H,11H2,1-4H3,(H,21,26). The molecule has 1 amide bonds. The highest BCUT2D eigenvalue weighted by Gasteiger charge is 2.14. The molecule has 0 saturated carbocycles. The molecule has 8 nitrogen and oxygen atoms in total. The summed E-state index contributed by atoms with van der Waals surface area (Å²) in [4.78, 5) is 24.1. The second-order valence-corrected chi connectivity index (χ2v) is 7.52. The average molecular weight is 411 g/mol. The first-order valence-electron chi connectivity index (χ1n) is 8.86. The van der Waals surface area contributed by atoms with Crippen molar-refractivity contribution in [1.82, 2.24) is 20.2 Å². The van der Waals surface area contributed by atoms with E-state index in [0.717, 1.165) is 22.4 Å². The number of esters is 1.